The minimum Gasteiger partial charge on any atom is -0.399 e. The van der Waals surface area contributed by atoms with E-state index in [9.17, 15) is 0 Å². The van der Waals surface area contributed by atoms with Crippen LogP contribution in [0, 0.1) is 0 Å². The Hall–Kier alpha value is -1.06. The topological polar surface area (TPSA) is 32.5 Å². The second-order valence-electron chi connectivity index (χ2n) is 5.36. The van der Waals surface area contributed by atoms with Crippen LogP contribution in [0.15, 0.2) is 24.3 Å². The molecule has 0 amide bonds. The van der Waals surface area contributed by atoms with Crippen LogP contribution in [0.5, 0.6) is 0 Å². The molecule has 1 aromatic carbocycles. The molecule has 1 aliphatic rings. The van der Waals surface area contributed by atoms with Gasteiger partial charge >= 0.3 is 0 Å². The summed E-state index contributed by atoms with van der Waals surface area (Å²) in [6.45, 7) is 6.89. The molecule has 0 bridgehead atoms. The average molecular weight is 247 g/mol. The van der Waals surface area contributed by atoms with Gasteiger partial charge in [0, 0.05) is 24.8 Å². The lowest BCUT2D eigenvalue weighted by Crippen LogP contribution is -2.38. The second-order valence-corrected chi connectivity index (χ2v) is 5.36. The molecule has 0 spiro atoms. The van der Waals surface area contributed by atoms with Crippen molar-refractivity contribution in [1.29, 1.82) is 0 Å². The van der Waals surface area contributed by atoms with Crippen molar-refractivity contribution in [2.24, 2.45) is 0 Å². The number of benzene rings is 1. The van der Waals surface area contributed by atoms with E-state index in [4.69, 9.17) is 5.73 Å². The number of nitrogens with two attached hydrogens (primary N) is 1. The van der Waals surface area contributed by atoms with Gasteiger partial charge in [0.05, 0.1) is 0 Å². The minimum atomic E-state index is 0.744. The number of likely N-dealkylation sites (N-methyl/N-ethyl adjacent to an activating group) is 2. The molecule has 100 valence electrons. The minimum absolute atomic E-state index is 0.744. The normalized spacial score (nSPS) is 20.7. The van der Waals surface area contributed by atoms with Crippen LogP contribution in [-0.2, 0) is 6.54 Å². The van der Waals surface area contributed by atoms with Gasteiger partial charge in [0.15, 0.2) is 0 Å². The van der Waals surface area contributed by atoms with E-state index >= 15 is 0 Å². The number of nitrogen functional groups attached to an aromatic ring is 1. The largest absolute Gasteiger partial charge is 0.399 e. The van der Waals surface area contributed by atoms with Gasteiger partial charge in [-0.1, -0.05) is 19.1 Å². The predicted molar refractivity (Wildman–Crippen MR) is 77.5 cm³/mol. The van der Waals surface area contributed by atoms with Gasteiger partial charge in [0.2, 0.25) is 0 Å². The van der Waals surface area contributed by atoms with E-state index in [1.54, 1.807) is 0 Å². The van der Waals surface area contributed by atoms with Crippen LogP contribution in [0.1, 0.15) is 25.3 Å². The van der Waals surface area contributed by atoms with Gasteiger partial charge < -0.3 is 10.6 Å². The Kier molecular flexibility index (Phi) is 4.61. The maximum atomic E-state index is 5.71. The van der Waals surface area contributed by atoms with Crippen LogP contribution in [0.25, 0.3) is 0 Å². The molecule has 1 saturated heterocycles. The van der Waals surface area contributed by atoms with Gasteiger partial charge in [-0.05, 0) is 50.7 Å². The predicted octanol–water partition coefficient (Wildman–Crippen LogP) is 2.18. The first-order valence-corrected chi connectivity index (χ1v) is 6.96. The summed E-state index contributed by atoms with van der Waals surface area (Å²) in [6.07, 6.45) is 2.70. The van der Waals surface area contributed by atoms with Crippen molar-refractivity contribution < 1.29 is 0 Å². The lowest BCUT2D eigenvalue weighted by Gasteiger charge is -2.27. The summed E-state index contributed by atoms with van der Waals surface area (Å²) in [7, 11) is 2.21. The standard InChI is InChI=1S/C15H25N3/c1-3-18-10-4-5-15(18)12-17(2)11-13-6-8-14(16)9-7-13/h6-9,15H,3-5,10-12,16H2,1-2H3. The molecule has 0 radical (unpaired) electrons. The zero-order valence-electron chi connectivity index (χ0n) is 11.6. The molecular formula is C15H25N3. The van der Waals surface area contributed by atoms with Crippen LogP contribution >= 0.6 is 0 Å². The van der Waals surface area contributed by atoms with Crippen LogP contribution in [0.3, 0.4) is 0 Å². The molecule has 1 heterocycles. The van der Waals surface area contributed by atoms with Crippen molar-refractivity contribution >= 4 is 5.69 Å². The molecule has 2 N–H and O–H groups in total. The maximum absolute atomic E-state index is 5.71. The molecule has 18 heavy (non-hydrogen) atoms. The highest BCUT2D eigenvalue weighted by Gasteiger charge is 2.23. The Bertz CT molecular complexity index is 361. The number of rotatable bonds is 5. The zero-order valence-corrected chi connectivity index (χ0v) is 11.6. The number of hydrogen-bond donors (Lipinski definition) is 1. The maximum Gasteiger partial charge on any atom is 0.0314 e. The summed E-state index contributed by atoms with van der Waals surface area (Å²) in [5, 5.41) is 0. The quantitative estimate of drug-likeness (QED) is 0.810. The highest BCUT2D eigenvalue weighted by Crippen LogP contribution is 2.18. The van der Waals surface area contributed by atoms with E-state index in [0.717, 1.165) is 24.8 Å². The molecule has 0 saturated carbocycles. The summed E-state index contributed by atoms with van der Waals surface area (Å²) >= 11 is 0. The molecule has 3 nitrogen and oxygen atoms in total. The number of likely N-dealkylation sites (tertiary alicyclic amines) is 1. The first-order chi connectivity index (χ1) is 8.69. The molecule has 1 atom stereocenters. The van der Waals surface area contributed by atoms with E-state index in [1.807, 2.05) is 12.1 Å². The third-order valence-corrected chi connectivity index (χ3v) is 3.86. The fourth-order valence-corrected chi connectivity index (χ4v) is 2.88. The Labute approximate surface area is 111 Å². The molecular weight excluding hydrogens is 222 g/mol. The molecule has 1 fully saturated rings. The SMILES string of the molecule is CCN1CCCC1CN(C)Cc1ccc(N)cc1. The van der Waals surface area contributed by atoms with E-state index in [1.165, 1.54) is 31.5 Å². The smallest absolute Gasteiger partial charge is 0.0314 e. The zero-order chi connectivity index (χ0) is 13.0. The molecule has 2 rings (SSSR count). The summed E-state index contributed by atoms with van der Waals surface area (Å²) < 4.78 is 0. The number of nitrogens with zero attached hydrogens (tertiary/aromatic N) is 2. The molecule has 1 unspecified atom stereocenters. The first-order valence-electron chi connectivity index (χ1n) is 6.96. The van der Waals surface area contributed by atoms with E-state index in [0.29, 0.717) is 0 Å². The van der Waals surface area contributed by atoms with Crippen molar-refractivity contribution in [1.82, 2.24) is 9.80 Å². The van der Waals surface area contributed by atoms with Crippen molar-refractivity contribution in [3.63, 3.8) is 0 Å². The van der Waals surface area contributed by atoms with Crippen molar-refractivity contribution in [3.05, 3.63) is 29.8 Å². The van der Waals surface area contributed by atoms with Gasteiger partial charge in [-0.25, -0.2) is 0 Å². The third kappa shape index (κ3) is 3.47. The van der Waals surface area contributed by atoms with Gasteiger partial charge in [0.1, 0.15) is 0 Å². The molecule has 0 aromatic heterocycles. The third-order valence-electron chi connectivity index (χ3n) is 3.86. The van der Waals surface area contributed by atoms with Gasteiger partial charge in [0.25, 0.3) is 0 Å². The van der Waals surface area contributed by atoms with Gasteiger partial charge in [-0.15, -0.1) is 0 Å². The molecule has 1 aliphatic heterocycles. The average Bonchev–Trinajstić information content (AvgIpc) is 2.79. The Morgan fingerprint density at radius 3 is 2.72 bits per heavy atom. The number of hydrogen-bond acceptors (Lipinski definition) is 3. The highest BCUT2D eigenvalue weighted by molar-refractivity contribution is 5.39. The summed E-state index contributed by atoms with van der Waals surface area (Å²) in [5.41, 5.74) is 7.89. The summed E-state index contributed by atoms with van der Waals surface area (Å²) in [5.74, 6) is 0. The van der Waals surface area contributed by atoms with Gasteiger partial charge in [-0.3, -0.25) is 4.90 Å². The first kappa shape index (κ1) is 13.4. The van der Waals surface area contributed by atoms with Crippen LogP contribution in [-0.4, -0.2) is 42.5 Å². The number of anilines is 1. The Balaban J connectivity index is 1.84. The Morgan fingerprint density at radius 2 is 2.06 bits per heavy atom. The van der Waals surface area contributed by atoms with E-state index in [2.05, 4.69) is 35.9 Å². The molecule has 3 heteroatoms. The highest BCUT2D eigenvalue weighted by atomic mass is 15.2. The molecule has 1 aromatic rings. The fraction of sp³-hybridized carbons (Fsp3) is 0.600. The van der Waals surface area contributed by atoms with Crippen molar-refractivity contribution in [3.8, 4) is 0 Å². The van der Waals surface area contributed by atoms with E-state index < -0.39 is 0 Å². The monoisotopic (exact) mass is 247 g/mol. The van der Waals surface area contributed by atoms with Crippen molar-refractivity contribution in [2.45, 2.75) is 32.4 Å². The summed E-state index contributed by atoms with van der Waals surface area (Å²) in [4.78, 5) is 5.02. The van der Waals surface area contributed by atoms with Crippen LogP contribution < -0.4 is 5.73 Å². The summed E-state index contributed by atoms with van der Waals surface area (Å²) in [6, 6.07) is 8.96. The Morgan fingerprint density at radius 1 is 1.33 bits per heavy atom. The van der Waals surface area contributed by atoms with Crippen LogP contribution in [0.2, 0.25) is 0 Å². The van der Waals surface area contributed by atoms with Crippen LogP contribution in [0.4, 0.5) is 5.69 Å². The lowest BCUT2D eigenvalue weighted by atomic mass is 10.1. The van der Waals surface area contributed by atoms with Crippen molar-refractivity contribution in [2.75, 3.05) is 32.4 Å². The molecule has 0 aliphatic carbocycles. The lowest BCUT2D eigenvalue weighted by molar-refractivity contribution is 0.195. The second kappa shape index (κ2) is 6.21. The van der Waals surface area contributed by atoms with Gasteiger partial charge in [-0.2, -0.15) is 0 Å². The van der Waals surface area contributed by atoms with E-state index in [-0.39, 0.29) is 0 Å². The fourth-order valence-electron chi connectivity index (χ4n) is 2.88.